The quantitative estimate of drug-likeness (QED) is 0.250. The molecule has 0 aliphatic heterocycles. The summed E-state index contributed by atoms with van der Waals surface area (Å²) in [5.41, 5.74) is 0.330. The molecule has 4 nitrogen and oxygen atoms in total. The van der Waals surface area contributed by atoms with Crippen molar-refractivity contribution < 1.29 is 9.53 Å². The number of aromatic nitrogens is 2. The number of benzene rings is 1. The second-order valence-electron chi connectivity index (χ2n) is 4.24. The van der Waals surface area contributed by atoms with Gasteiger partial charge in [0, 0.05) is 5.57 Å². The van der Waals surface area contributed by atoms with Gasteiger partial charge in [-0.25, -0.2) is 9.97 Å². The van der Waals surface area contributed by atoms with Gasteiger partial charge >= 0.3 is 0 Å². The van der Waals surface area contributed by atoms with Crippen molar-refractivity contribution in [3.05, 3.63) is 89.2 Å². The molecule has 6 heteroatoms. The highest BCUT2D eigenvalue weighted by molar-refractivity contribution is 6.39. The van der Waals surface area contributed by atoms with Crippen molar-refractivity contribution in [1.29, 1.82) is 0 Å². The molecule has 0 saturated carbocycles. The van der Waals surface area contributed by atoms with Crippen LogP contribution in [0.4, 0.5) is 0 Å². The lowest BCUT2D eigenvalue weighted by molar-refractivity contribution is 0.103. The molecule has 0 radical (unpaired) electrons. The van der Waals surface area contributed by atoms with E-state index in [9.17, 15) is 4.79 Å². The molecule has 0 bridgehead atoms. The summed E-state index contributed by atoms with van der Waals surface area (Å²) in [7, 11) is 0. The number of hydrogen-bond acceptors (Lipinski definition) is 4. The Morgan fingerprint density at radius 2 is 1.78 bits per heavy atom. The van der Waals surface area contributed by atoms with Crippen LogP contribution in [0.3, 0.4) is 0 Å². The summed E-state index contributed by atoms with van der Waals surface area (Å²) in [6, 6.07) is 9.23. The minimum absolute atomic E-state index is 0.00716. The summed E-state index contributed by atoms with van der Waals surface area (Å²) < 4.78 is 5.39. The molecule has 1 heterocycles. The number of para-hydroxylation sites is 1. The van der Waals surface area contributed by atoms with E-state index in [-0.39, 0.29) is 21.4 Å². The standard InChI is InChI=1S/C17H12Cl2N2O2/c1-2-12(7-6-10-23-13-8-4-3-5-9-13)15(22)14-16(18)20-11-21-17(14)19/h2-11H,1H2/b10-6+,12-7+. The molecule has 0 N–H and O–H groups in total. The highest BCUT2D eigenvalue weighted by Gasteiger charge is 2.18. The predicted octanol–water partition coefficient (Wildman–Crippen LogP) is 4.67. The van der Waals surface area contributed by atoms with E-state index in [1.54, 1.807) is 6.08 Å². The summed E-state index contributed by atoms with van der Waals surface area (Å²) in [5, 5.41) is -0.0143. The van der Waals surface area contributed by atoms with E-state index in [1.165, 1.54) is 24.7 Å². The van der Waals surface area contributed by atoms with Crippen molar-refractivity contribution in [3.63, 3.8) is 0 Å². The third kappa shape index (κ3) is 4.52. The molecule has 0 fully saturated rings. The number of ketones is 1. The van der Waals surface area contributed by atoms with Gasteiger partial charge in [-0.3, -0.25) is 4.79 Å². The fourth-order valence-corrected chi connectivity index (χ4v) is 2.16. The number of ether oxygens (including phenoxy) is 1. The molecule has 116 valence electrons. The van der Waals surface area contributed by atoms with E-state index in [0.29, 0.717) is 5.75 Å². The molecule has 1 aromatic carbocycles. The van der Waals surface area contributed by atoms with Gasteiger partial charge in [-0.2, -0.15) is 0 Å². The summed E-state index contributed by atoms with van der Waals surface area (Å²) in [5.74, 6) is 0.270. The van der Waals surface area contributed by atoms with Gasteiger partial charge in [-0.15, -0.1) is 0 Å². The number of allylic oxidation sites excluding steroid dienone is 4. The van der Waals surface area contributed by atoms with Crippen molar-refractivity contribution in [2.45, 2.75) is 0 Å². The van der Waals surface area contributed by atoms with E-state index < -0.39 is 5.78 Å². The van der Waals surface area contributed by atoms with Gasteiger partial charge < -0.3 is 4.74 Å². The predicted molar refractivity (Wildman–Crippen MR) is 90.9 cm³/mol. The summed E-state index contributed by atoms with van der Waals surface area (Å²) in [6.45, 7) is 3.61. The molecule has 2 rings (SSSR count). The van der Waals surface area contributed by atoms with Gasteiger partial charge in [0.25, 0.3) is 0 Å². The van der Waals surface area contributed by atoms with E-state index in [0.717, 1.165) is 0 Å². The number of Topliss-reactive ketones (excluding diaryl/α,β-unsaturated/α-hetero) is 1. The monoisotopic (exact) mass is 346 g/mol. The van der Waals surface area contributed by atoms with Crippen LogP contribution >= 0.6 is 23.2 Å². The third-order valence-electron chi connectivity index (χ3n) is 2.77. The minimum Gasteiger partial charge on any atom is -0.465 e. The molecule has 0 spiro atoms. The first-order valence-electron chi connectivity index (χ1n) is 6.55. The largest absolute Gasteiger partial charge is 0.465 e. The molecular weight excluding hydrogens is 335 g/mol. The smallest absolute Gasteiger partial charge is 0.199 e. The highest BCUT2D eigenvalue weighted by atomic mass is 35.5. The van der Waals surface area contributed by atoms with Gasteiger partial charge in [0.2, 0.25) is 0 Å². The molecule has 23 heavy (non-hydrogen) atoms. The Bertz CT molecular complexity index is 751. The first-order chi connectivity index (χ1) is 11.1. The highest BCUT2D eigenvalue weighted by Crippen LogP contribution is 2.23. The zero-order valence-corrected chi connectivity index (χ0v) is 13.5. The van der Waals surface area contributed by atoms with Crippen LogP contribution < -0.4 is 4.74 Å². The zero-order chi connectivity index (χ0) is 16.7. The Hall–Kier alpha value is -2.43. The van der Waals surface area contributed by atoms with Crippen molar-refractivity contribution >= 4 is 29.0 Å². The van der Waals surface area contributed by atoms with Crippen LogP contribution in [0.15, 0.2) is 73.3 Å². The maximum atomic E-state index is 12.4. The van der Waals surface area contributed by atoms with Crippen LogP contribution in [-0.2, 0) is 0 Å². The Balaban J connectivity index is 2.15. The van der Waals surface area contributed by atoms with Crippen molar-refractivity contribution in [2.75, 3.05) is 0 Å². The maximum Gasteiger partial charge on any atom is 0.199 e. The molecule has 0 aliphatic rings. The second kappa shape index (κ2) is 8.27. The Labute approximate surface area is 143 Å². The summed E-state index contributed by atoms with van der Waals surface area (Å²) >= 11 is 11.8. The number of halogens is 2. The van der Waals surface area contributed by atoms with E-state index in [1.807, 2.05) is 30.3 Å². The van der Waals surface area contributed by atoms with Gasteiger partial charge in [0.1, 0.15) is 22.4 Å². The van der Waals surface area contributed by atoms with E-state index >= 15 is 0 Å². The van der Waals surface area contributed by atoms with E-state index in [4.69, 9.17) is 27.9 Å². The van der Waals surface area contributed by atoms with Gasteiger partial charge in [0.05, 0.1) is 11.8 Å². The number of carbonyl (C=O) groups excluding carboxylic acids is 1. The zero-order valence-electron chi connectivity index (χ0n) is 11.9. The van der Waals surface area contributed by atoms with Crippen LogP contribution in [-0.4, -0.2) is 15.8 Å². The average Bonchev–Trinajstić information content (AvgIpc) is 2.55. The lowest BCUT2D eigenvalue weighted by Gasteiger charge is -2.04. The Morgan fingerprint density at radius 3 is 2.39 bits per heavy atom. The average molecular weight is 347 g/mol. The fourth-order valence-electron chi connectivity index (χ4n) is 1.67. The van der Waals surface area contributed by atoms with Crippen molar-refractivity contribution in [3.8, 4) is 5.75 Å². The van der Waals surface area contributed by atoms with Crippen LogP contribution in [0.1, 0.15) is 10.4 Å². The fraction of sp³-hybridized carbons (Fsp3) is 0. The first-order valence-corrected chi connectivity index (χ1v) is 7.30. The molecule has 0 amide bonds. The van der Waals surface area contributed by atoms with Crippen molar-refractivity contribution in [2.24, 2.45) is 0 Å². The number of carbonyl (C=O) groups is 1. The second-order valence-corrected chi connectivity index (χ2v) is 4.96. The molecule has 0 aliphatic carbocycles. The van der Waals surface area contributed by atoms with E-state index in [2.05, 4.69) is 16.5 Å². The topological polar surface area (TPSA) is 52.1 Å². The lowest BCUT2D eigenvalue weighted by Crippen LogP contribution is -2.05. The number of rotatable bonds is 6. The summed E-state index contributed by atoms with van der Waals surface area (Å²) in [4.78, 5) is 19.9. The molecule has 0 unspecified atom stereocenters. The van der Waals surface area contributed by atoms with Gasteiger partial charge in [0.15, 0.2) is 5.78 Å². The maximum absolute atomic E-state index is 12.4. The van der Waals surface area contributed by atoms with Crippen LogP contribution in [0.2, 0.25) is 10.3 Å². The molecule has 2 aromatic rings. The Kier molecular flexibility index (Phi) is 6.09. The normalized spacial score (nSPS) is 11.5. The first kappa shape index (κ1) is 16.9. The van der Waals surface area contributed by atoms with Crippen molar-refractivity contribution in [1.82, 2.24) is 9.97 Å². The Morgan fingerprint density at radius 1 is 1.13 bits per heavy atom. The summed E-state index contributed by atoms with van der Waals surface area (Å²) in [6.07, 6.45) is 7.16. The molecule has 0 saturated heterocycles. The number of nitrogens with zero attached hydrogens (tertiary/aromatic N) is 2. The number of hydrogen-bond donors (Lipinski definition) is 0. The molecular formula is C17H12Cl2N2O2. The van der Waals surface area contributed by atoms with Gasteiger partial charge in [-0.05, 0) is 24.3 Å². The van der Waals surface area contributed by atoms with Crippen LogP contribution in [0.5, 0.6) is 5.75 Å². The van der Waals surface area contributed by atoms with Crippen LogP contribution in [0.25, 0.3) is 0 Å². The SMILES string of the molecule is C=C/C(=C\C=C\Oc1ccccc1)C(=O)c1c(Cl)ncnc1Cl. The third-order valence-corrected chi connectivity index (χ3v) is 3.34. The lowest BCUT2D eigenvalue weighted by atomic mass is 10.1. The van der Waals surface area contributed by atoms with Gasteiger partial charge in [-0.1, -0.05) is 54.1 Å². The molecule has 1 aromatic heterocycles. The minimum atomic E-state index is -0.417. The van der Waals surface area contributed by atoms with Crippen LogP contribution in [0, 0.1) is 0 Å². The molecule has 0 atom stereocenters.